The monoisotopic (exact) mass is 332 g/mol. The Morgan fingerprint density at radius 3 is 2.39 bits per heavy atom. The second-order valence-corrected chi connectivity index (χ2v) is 7.53. The normalized spacial score (nSPS) is 18.1. The van der Waals surface area contributed by atoms with Gasteiger partial charge in [0, 0.05) is 12.0 Å². The molecule has 0 radical (unpaired) electrons. The van der Waals surface area contributed by atoms with E-state index in [-0.39, 0.29) is 0 Å². The van der Waals surface area contributed by atoms with E-state index in [0.717, 1.165) is 21.8 Å². The van der Waals surface area contributed by atoms with Crippen LogP contribution in [0.5, 0.6) is 0 Å². The van der Waals surface area contributed by atoms with Crippen LogP contribution in [-0.4, -0.2) is 24.8 Å². The molecule has 2 aromatic carbocycles. The van der Waals surface area contributed by atoms with E-state index in [4.69, 9.17) is 0 Å². The first-order chi connectivity index (χ1) is 10.9. The van der Waals surface area contributed by atoms with Crippen molar-refractivity contribution in [1.82, 2.24) is 4.41 Å². The zero-order valence-corrected chi connectivity index (χ0v) is 13.7. The van der Waals surface area contributed by atoms with Gasteiger partial charge in [0.15, 0.2) is 0 Å². The Hall–Kier alpha value is -2.21. The van der Waals surface area contributed by atoms with E-state index in [0.29, 0.717) is 17.7 Å². The molecule has 3 rings (SSSR count). The first-order valence-electron chi connectivity index (χ1n) is 7.24. The predicted molar refractivity (Wildman–Crippen MR) is 88.2 cm³/mol. The average molecular weight is 332 g/mol. The summed E-state index contributed by atoms with van der Waals surface area (Å²) in [5.74, 6) is -0.425. The summed E-state index contributed by atoms with van der Waals surface area (Å²) < 4.78 is 39.2. The van der Waals surface area contributed by atoms with E-state index in [9.17, 15) is 12.8 Å². The predicted octanol–water partition coefficient (Wildman–Crippen LogP) is 3.24. The van der Waals surface area contributed by atoms with Gasteiger partial charge in [0.2, 0.25) is 10.0 Å². The molecular weight excluding hydrogens is 315 g/mol. The highest BCUT2D eigenvalue weighted by molar-refractivity contribution is 7.88. The maximum Gasteiger partial charge on any atom is 0.247 e. The number of aryl methyl sites for hydroxylation is 1. The standard InChI is InChI=1S/C17H17FN2O2S/c1-12-7-9-13(10-8-12)16-11-17(20(19-16)23(2,21)22)14-5-3-4-6-15(14)18/h3-10,17H,11H2,1-2H3. The number of halogens is 1. The highest BCUT2D eigenvalue weighted by Gasteiger charge is 2.35. The summed E-state index contributed by atoms with van der Waals surface area (Å²) in [4.78, 5) is 0. The van der Waals surface area contributed by atoms with Crippen LogP contribution >= 0.6 is 0 Å². The van der Waals surface area contributed by atoms with E-state index in [2.05, 4.69) is 5.10 Å². The van der Waals surface area contributed by atoms with Crippen LogP contribution in [-0.2, 0) is 10.0 Å². The highest BCUT2D eigenvalue weighted by Crippen LogP contribution is 2.35. The zero-order valence-electron chi connectivity index (χ0n) is 12.9. The number of benzene rings is 2. The second-order valence-electron chi connectivity index (χ2n) is 5.69. The molecule has 1 aliphatic rings. The van der Waals surface area contributed by atoms with Gasteiger partial charge in [0.25, 0.3) is 0 Å². The third-order valence-electron chi connectivity index (χ3n) is 3.86. The molecule has 6 heteroatoms. The quantitative estimate of drug-likeness (QED) is 0.866. The lowest BCUT2D eigenvalue weighted by Crippen LogP contribution is -2.26. The number of sulfonamides is 1. The molecule has 0 aliphatic carbocycles. The van der Waals surface area contributed by atoms with Gasteiger partial charge in [-0.1, -0.05) is 48.0 Å². The molecule has 1 heterocycles. The van der Waals surface area contributed by atoms with Crippen LogP contribution < -0.4 is 0 Å². The molecule has 1 unspecified atom stereocenters. The Morgan fingerprint density at radius 2 is 1.78 bits per heavy atom. The fourth-order valence-electron chi connectivity index (χ4n) is 2.69. The SMILES string of the molecule is Cc1ccc(C2=NN(S(C)(=O)=O)C(c3ccccc3F)C2)cc1. The van der Waals surface area contributed by atoms with Gasteiger partial charge >= 0.3 is 0 Å². The maximum atomic E-state index is 14.1. The van der Waals surface area contributed by atoms with Crippen LogP contribution in [0, 0.1) is 12.7 Å². The fourth-order valence-corrected chi connectivity index (χ4v) is 3.59. The lowest BCUT2D eigenvalue weighted by molar-refractivity contribution is 0.365. The van der Waals surface area contributed by atoms with Gasteiger partial charge in [-0.05, 0) is 18.6 Å². The average Bonchev–Trinajstić information content (AvgIpc) is 2.93. The summed E-state index contributed by atoms with van der Waals surface area (Å²) in [6.07, 6.45) is 1.43. The van der Waals surface area contributed by atoms with E-state index in [1.165, 1.54) is 6.07 Å². The van der Waals surface area contributed by atoms with Crippen LogP contribution in [0.15, 0.2) is 53.6 Å². The zero-order chi connectivity index (χ0) is 16.6. The molecule has 0 aromatic heterocycles. The van der Waals surface area contributed by atoms with Crippen LogP contribution in [0.2, 0.25) is 0 Å². The van der Waals surface area contributed by atoms with E-state index in [1.54, 1.807) is 18.2 Å². The first kappa shape index (κ1) is 15.7. The third kappa shape index (κ3) is 3.12. The van der Waals surface area contributed by atoms with E-state index < -0.39 is 21.9 Å². The smallest absolute Gasteiger partial charge is 0.207 e. The van der Waals surface area contributed by atoms with Crippen LogP contribution in [0.4, 0.5) is 4.39 Å². The molecule has 2 aromatic rings. The van der Waals surface area contributed by atoms with Crippen molar-refractivity contribution < 1.29 is 12.8 Å². The summed E-state index contributed by atoms with van der Waals surface area (Å²) >= 11 is 0. The lowest BCUT2D eigenvalue weighted by Gasteiger charge is -2.21. The summed E-state index contributed by atoms with van der Waals surface area (Å²) in [6, 6.07) is 13.3. The third-order valence-corrected chi connectivity index (χ3v) is 4.88. The largest absolute Gasteiger partial charge is 0.247 e. The summed E-state index contributed by atoms with van der Waals surface area (Å²) in [6.45, 7) is 1.98. The Labute approximate surface area is 135 Å². The van der Waals surface area contributed by atoms with Gasteiger partial charge in [-0.2, -0.15) is 9.52 Å². The summed E-state index contributed by atoms with van der Waals surface area (Å²) in [5, 5.41) is 4.25. The van der Waals surface area contributed by atoms with Crippen LogP contribution in [0.1, 0.15) is 29.2 Å². The molecule has 0 fully saturated rings. The van der Waals surface area contributed by atoms with Crippen molar-refractivity contribution in [2.24, 2.45) is 5.10 Å². The van der Waals surface area contributed by atoms with Gasteiger partial charge in [-0.3, -0.25) is 0 Å². The minimum absolute atomic E-state index is 0.337. The fraction of sp³-hybridized carbons (Fsp3) is 0.235. The molecule has 23 heavy (non-hydrogen) atoms. The number of nitrogens with zero attached hydrogens (tertiary/aromatic N) is 2. The number of hydrazone groups is 1. The first-order valence-corrected chi connectivity index (χ1v) is 9.09. The van der Waals surface area contributed by atoms with E-state index in [1.807, 2.05) is 31.2 Å². The molecule has 1 aliphatic heterocycles. The van der Waals surface area contributed by atoms with Gasteiger partial charge < -0.3 is 0 Å². The van der Waals surface area contributed by atoms with Crippen molar-refractivity contribution in [1.29, 1.82) is 0 Å². The van der Waals surface area contributed by atoms with Crippen molar-refractivity contribution in [3.63, 3.8) is 0 Å². The van der Waals surface area contributed by atoms with Crippen molar-refractivity contribution >= 4 is 15.7 Å². The van der Waals surface area contributed by atoms with Gasteiger partial charge in [-0.15, -0.1) is 0 Å². The van der Waals surface area contributed by atoms with Crippen LogP contribution in [0.25, 0.3) is 0 Å². The number of rotatable bonds is 3. The van der Waals surface area contributed by atoms with Gasteiger partial charge in [0.05, 0.1) is 18.0 Å². The molecule has 0 amide bonds. The molecular formula is C17H17FN2O2S. The molecule has 0 saturated heterocycles. The highest BCUT2D eigenvalue weighted by atomic mass is 32.2. The van der Waals surface area contributed by atoms with Crippen molar-refractivity contribution in [2.75, 3.05) is 6.26 Å². The molecule has 0 spiro atoms. The summed E-state index contributed by atoms with van der Waals surface area (Å²) in [7, 11) is -3.59. The molecule has 0 bridgehead atoms. The van der Waals surface area contributed by atoms with Crippen LogP contribution in [0.3, 0.4) is 0 Å². The number of hydrogen-bond donors (Lipinski definition) is 0. The molecule has 0 N–H and O–H groups in total. The number of hydrogen-bond acceptors (Lipinski definition) is 3. The topological polar surface area (TPSA) is 49.7 Å². The Balaban J connectivity index is 2.03. The second kappa shape index (κ2) is 5.77. The van der Waals surface area contributed by atoms with Crippen molar-refractivity contribution in [3.8, 4) is 0 Å². The molecule has 1 atom stereocenters. The minimum Gasteiger partial charge on any atom is -0.207 e. The molecule has 4 nitrogen and oxygen atoms in total. The van der Waals surface area contributed by atoms with Gasteiger partial charge in [-0.25, -0.2) is 12.8 Å². The van der Waals surface area contributed by atoms with Gasteiger partial charge in [0.1, 0.15) is 5.82 Å². The van der Waals surface area contributed by atoms with Crippen molar-refractivity contribution in [3.05, 3.63) is 71.0 Å². The Kier molecular flexibility index (Phi) is 3.93. The maximum absolute atomic E-state index is 14.1. The van der Waals surface area contributed by atoms with Crippen molar-refractivity contribution in [2.45, 2.75) is 19.4 Å². The summed E-state index contributed by atoms with van der Waals surface area (Å²) in [5.41, 5.74) is 2.94. The molecule has 120 valence electrons. The van der Waals surface area contributed by atoms with E-state index >= 15 is 0 Å². The Bertz CT molecular complexity index is 860. The Morgan fingerprint density at radius 1 is 1.13 bits per heavy atom. The molecule has 0 saturated carbocycles. The minimum atomic E-state index is -3.59. The lowest BCUT2D eigenvalue weighted by atomic mass is 9.98.